The van der Waals surface area contributed by atoms with Gasteiger partial charge in [0.15, 0.2) is 11.5 Å². The molecular formula is C30H48N4O6. The summed E-state index contributed by atoms with van der Waals surface area (Å²) >= 11 is 0. The van der Waals surface area contributed by atoms with E-state index in [1.165, 1.54) is 11.1 Å². The second-order valence-corrected chi connectivity index (χ2v) is 12.1. The van der Waals surface area contributed by atoms with Crippen LogP contribution in [0.3, 0.4) is 0 Å². The minimum absolute atomic E-state index is 0.0781. The van der Waals surface area contributed by atoms with Gasteiger partial charge in [0.25, 0.3) is 0 Å². The van der Waals surface area contributed by atoms with Crippen molar-refractivity contribution in [1.29, 1.82) is 0 Å². The number of fused-ring (bicyclic) bond motifs is 1. The van der Waals surface area contributed by atoms with Gasteiger partial charge in [0, 0.05) is 32.2 Å². The highest BCUT2D eigenvalue weighted by Gasteiger charge is 2.39. The number of likely N-dealkylation sites (tertiary alicyclic amines) is 1. The zero-order chi connectivity index (χ0) is 29.4. The van der Waals surface area contributed by atoms with Crippen LogP contribution in [0.2, 0.25) is 0 Å². The highest BCUT2D eigenvalue weighted by atomic mass is 16.5. The predicted octanol–water partition coefficient (Wildman–Crippen LogP) is 3.24. The SMILES string of the molecule is CCCC[C@H](CN(O)C=O)C(=O)N[C@H](C(=O)N1CCC(N2CCc3cc(OC)c(OC)cc3C2)CC1)C(C)(C)C. The summed E-state index contributed by atoms with van der Waals surface area (Å²) in [6.07, 6.45) is 5.19. The lowest BCUT2D eigenvalue weighted by Gasteiger charge is -2.43. The number of hydroxylamine groups is 2. The molecule has 2 atom stereocenters. The Morgan fingerprint density at radius 1 is 1.12 bits per heavy atom. The number of methoxy groups -OCH3 is 2. The molecule has 1 aromatic carbocycles. The summed E-state index contributed by atoms with van der Waals surface area (Å²) in [5, 5.41) is 13.2. The summed E-state index contributed by atoms with van der Waals surface area (Å²) in [6.45, 7) is 10.8. The normalized spacial score (nSPS) is 17.9. The molecule has 0 spiro atoms. The molecule has 40 heavy (non-hydrogen) atoms. The van der Waals surface area contributed by atoms with E-state index < -0.39 is 17.4 Å². The number of piperidine rings is 1. The molecule has 10 nitrogen and oxygen atoms in total. The summed E-state index contributed by atoms with van der Waals surface area (Å²) < 4.78 is 11.0. The lowest BCUT2D eigenvalue weighted by atomic mass is 9.84. The zero-order valence-corrected chi connectivity index (χ0v) is 25.1. The maximum absolute atomic E-state index is 13.7. The molecule has 0 aromatic heterocycles. The van der Waals surface area contributed by atoms with E-state index in [0.29, 0.717) is 37.0 Å². The molecule has 2 heterocycles. The average molecular weight is 561 g/mol. The van der Waals surface area contributed by atoms with Crippen LogP contribution in [0.25, 0.3) is 0 Å². The number of nitrogens with zero attached hydrogens (tertiary/aromatic N) is 3. The van der Waals surface area contributed by atoms with Crippen molar-refractivity contribution < 1.29 is 29.1 Å². The number of unbranched alkanes of at least 4 members (excludes halogenated alkanes) is 1. The lowest BCUT2D eigenvalue weighted by molar-refractivity contribution is -0.155. The van der Waals surface area contributed by atoms with E-state index in [2.05, 4.69) is 22.3 Å². The van der Waals surface area contributed by atoms with Gasteiger partial charge in [0.2, 0.25) is 18.2 Å². The smallest absolute Gasteiger partial charge is 0.245 e. The van der Waals surface area contributed by atoms with E-state index in [1.54, 1.807) is 14.2 Å². The number of carbonyl (C=O) groups excluding carboxylic acids is 3. The Morgan fingerprint density at radius 3 is 2.30 bits per heavy atom. The molecule has 2 N–H and O–H groups in total. The zero-order valence-electron chi connectivity index (χ0n) is 25.1. The van der Waals surface area contributed by atoms with Crippen molar-refractivity contribution in [2.75, 3.05) is 40.4 Å². The molecule has 0 bridgehead atoms. The van der Waals surface area contributed by atoms with Crippen LogP contribution in [0.4, 0.5) is 0 Å². The van der Waals surface area contributed by atoms with Gasteiger partial charge < -0.3 is 19.7 Å². The molecule has 0 radical (unpaired) electrons. The minimum Gasteiger partial charge on any atom is -0.493 e. The maximum atomic E-state index is 13.7. The van der Waals surface area contributed by atoms with Gasteiger partial charge in [-0.3, -0.25) is 24.5 Å². The molecule has 1 fully saturated rings. The second kappa shape index (κ2) is 14.2. The van der Waals surface area contributed by atoms with Gasteiger partial charge in [-0.15, -0.1) is 0 Å². The summed E-state index contributed by atoms with van der Waals surface area (Å²) in [4.78, 5) is 42.3. The third-order valence-corrected chi connectivity index (χ3v) is 8.25. The first kappa shape index (κ1) is 31.7. The molecular weight excluding hydrogens is 512 g/mol. The molecule has 2 aliphatic rings. The van der Waals surface area contributed by atoms with Gasteiger partial charge in [-0.25, -0.2) is 5.06 Å². The van der Waals surface area contributed by atoms with Crippen molar-refractivity contribution in [2.24, 2.45) is 11.3 Å². The first-order chi connectivity index (χ1) is 19.0. The monoisotopic (exact) mass is 560 g/mol. The fraction of sp³-hybridized carbons (Fsp3) is 0.700. The van der Waals surface area contributed by atoms with Crippen molar-refractivity contribution in [3.8, 4) is 11.5 Å². The van der Waals surface area contributed by atoms with Crippen LogP contribution in [-0.2, 0) is 27.3 Å². The second-order valence-electron chi connectivity index (χ2n) is 12.1. The number of rotatable bonds is 12. The molecule has 0 saturated carbocycles. The van der Waals surface area contributed by atoms with Crippen molar-refractivity contribution >= 4 is 18.2 Å². The van der Waals surface area contributed by atoms with Crippen LogP contribution < -0.4 is 14.8 Å². The van der Waals surface area contributed by atoms with Gasteiger partial charge in [0.05, 0.1) is 26.7 Å². The standard InChI is InChI=1S/C30H48N4O6/c1-7-8-9-22(19-34(38)20-35)28(36)31-27(30(2,3)4)29(37)32-14-11-24(12-15-32)33-13-10-21-16-25(39-5)26(40-6)17-23(21)18-33/h16-17,20,22,24,27,38H,7-15,18-19H2,1-6H3,(H,31,36)/t22-,27-/m1/s1. The number of hydrogen-bond acceptors (Lipinski definition) is 7. The fourth-order valence-electron chi connectivity index (χ4n) is 5.78. The molecule has 1 saturated heterocycles. The van der Waals surface area contributed by atoms with Crippen molar-refractivity contribution in [2.45, 2.75) is 84.8 Å². The first-order valence-corrected chi connectivity index (χ1v) is 14.5. The number of ether oxygens (including phenoxy) is 2. The molecule has 224 valence electrons. The highest BCUT2D eigenvalue weighted by molar-refractivity contribution is 5.89. The van der Waals surface area contributed by atoms with Gasteiger partial charge in [0.1, 0.15) is 6.04 Å². The Hall–Kier alpha value is -2.85. The summed E-state index contributed by atoms with van der Waals surface area (Å²) in [6, 6.07) is 3.84. The number of hydrogen-bond donors (Lipinski definition) is 2. The predicted molar refractivity (Wildman–Crippen MR) is 152 cm³/mol. The molecule has 1 aromatic rings. The van der Waals surface area contributed by atoms with Gasteiger partial charge >= 0.3 is 0 Å². The summed E-state index contributed by atoms with van der Waals surface area (Å²) in [5.41, 5.74) is 2.05. The molecule has 3 amide bonds. The van der Waals surface area contributed by atoms with Crippen LogP contribution in [0.5, 0.6) is 11.5 Å². The highest BCUT2D eigenvalue weighted by Crippen LogP contribution is 2.34. The van der Waals surface area contributed by atoms with E-state index in [0.717, 1.165) is 56.7 Å². The Bertz CT molecular complexity index is 1020. The number of carbonyl (C=O) groups is 3. The summed E-state index contributed by atoms with van der Waals surface area (Å²) in [7, 11) is 3.31. The quantitative estimate of drug-likeness (QED) is 0.229. The number of amides is 3. The Labute approximate surface area is 238 Å². The van der Waals surface area contributed by atoms with Gasteiger partial charge in [-0.2, -0.15) is 0 Å². The third kappa shape index (κ3) is 7.87. The topological polar surface area (TPSA) is 112 Å². The Kier molecular flexibility index (Phi) is 11.2. The van der Waals surface area contributed by atoms with Crippen LogP contribution in [0, 0.1) is 11.3 Å². The first-order valence-electron chi connectivity index (χ1n) is 14.5. The van der Waals surface area contributed by atoms with Crippen molar-refractivity contribution in [3.05, 3.63) is 23.3 Å². The maximum Gasteiger partial charge on any atom is 0.245 e. The van der Waals surface area contributed by atoms with Crippen molar-refractivity contribution in [1.82, 2.24) is 20.2 Å². The number of benzene rings is 1. The third-order valence-electron chi connectivity index (χ3n) is 8.25. The molecule has 10 heteroatoms. The Balaban J connectivity index is 1.63. The van der Waals surface area contributed by atoms with Gasteiger partial charge in [-0.1, -0.05) is 40.5 Å². The molecule has 2 aliphatic heterocycles. The molecule has 0 unspecified atom stereocenters. The molecule has 0 aliphatic carbocycles. The largest absolute Gasteiger partial charge is 0.493 e. The van der Waals surface area contributed by atoms with Gasteiger partial charge in [-0.05, 0) is 54.4 Å². The van der Waals surface area contributed by atoms with Crippen LogP contribution >= 0.6 is 0 Å². The van der Waals surface area contributed by atoms with E-state index in [-0.39, 0.29) is 18.4 Å². The van der Waals surface area contributed by atoms with E-state index in [9.17, 15) is 19.6 Å². The summed E-state index contributed by atoms with van der Waals surface area (Å²) in [5.74, 6) is 0.533. The average Bonchev–Trinajstić information content (AvgIpc) is 2.95. The molecule has 3 rings (SSSR count). The van der Waals surface area contributed by atoms with Crippen LogP contribution in [-0.4, -0.2) is 90.8 Å². The Morgan fingerprint density at radius 2 is 1.75 bits per heavy atom. The lowest BCUT2D eigenvalue weighted by Crippen LogP contribution is -2.58. The number of nitrogens with one attached hydrogen (secondary N) is 1. The van der Waals surface area contributed by atoms with E-state index in [1.807, 2.05) is 32.6 Å². The van der Waals surface area contributed by atoms with Crippen molar-refractivity contribution in [3.63, 3.8) is 0 Å². The van der Waals surface area contributed by atoms with Crippen LogP contribution in [0.15, 0.2) is 12.1 Å². The fourth-order valence-corrected chi connectivity index (χ4v) is 5.78. The van der Waals surface area contributed by atoms with E-state index in [4.69, 9.17) is 9.47 Å². The van der Waals surface area contributed by atoms with Crippen LogP contribution in [0.1, 0.15) is 70.9 Å². The van der Waals surface area contributed by atoms with E-state index >= 15 is 0 Å². The minimum atomic E-state index is -0.701.